The molecular formula is C37H63NO4. The first-order valence-corrected chi connectivity index (χ1v) is 17.9. The first-order valence-electron chi connectivity index (χ1n) is 17.9. The fourth-order valence-electron chi connectivity index (χ4n) is 5.85. The van der Waals surface area contributed by atoms with Crippen molar-refractivity contribution in [2.75, 3.05) is 13.2 Å². The summed E-state index contributed by atoms with van der Waals surface area (Å²) in [4.78, 5) is 27.0. The van der Waals surface area contributed by atoms with Gasteiger partial charge in [-0.2, -0.15) is 0 Å². The molecule has 240 valence electrons. The zero-order valence-electron chi connectivity index (χ0n) is 27.4. The highest BCUT2D eigenvalue weighted by Crippen LogP contribution is 2.29. The lowest BCUT2D eigenvalue weighted by Gasteiger charge is -2.29. The number of ether oxygens (including phenoxy) is 2. The van der Waals surface area contributed by atoms with Crippen LogP contribution in [0.2, 0.25) is 0 Å². The molecule has 1 saturated heterocycles. The van der Waals surface area contributed by atoms with Gasteiger partial charge >= 0.3 is 5.97 Å². The van der Waals surface area contributed by atoms with E-state index < -0.39 is 6.23 Å². The maximum atomic E-state index is 12.9. The van der Waals surface area contributed by atoms with Crippen LogP contribution < -0.4 is 4.74 Å². The van der Waals surface area contributed by atoms with Crippen LogP contribution in [0.3, 0.4) is 0 Å². The fraction of sp³-hybridized carbons (Fsp3) is 0.784. The molecule has 1 amide bonds. The van der Waals surface area contributed by atoms with E-state index in [-0.39, 0.29) is 24.7 Å². The monoisotopic (exact) mass is 585 g/mol. The molecule has 0 saturated carbocycles. The summed E-state index contributed by atoms with van der Waals surface area (Å²) < 4.78 is 11.8. The maximum absolute atomic E-state index is 12.9. The van der Waals surface area contributed by atoms with E-state index in [9.17, 15) is 9.59 Å². The Balaban J connectivity index is 1.65. The number of carbonyl (C=O) groups is 2. The summed E-state index contributed by atoms with van der Waals surface area (Å²) >= 11 is 0. The first-order chi connectivity index (χ1) is 20.7. The van der Waals surface area contributed by atoms with Crippen LogP contribution in [0.5, 0.6) is 5.75 Å². The lowest BCUT2D eigenvalue weighted by molar-refractivity contribution is -0.160. The summed E-state index contributed by atoms with van der Waals surface area (Å²) in [6.45, 7) is 5.88. The van der Waals surface area contributed by atoms with Crippen molar-refractivity contribution >= 4 is 11.9 Å². The number of amides is 1. The Kier molecular flexibility index (Phi) is 21.0. The van der Waals surface area contributed by atoms with Crippen molar-refractivity contribution in [3.8, 4) is 5.75 Å². The van der Waals surface area contributed by atoms with Crippen LogP contribution in [0.1, 0.15) is 180 Å². The molecule has 0 N–H and O–H groups in total. The SMILES string of the molecule is CCCCCCCCCCCCCCOc1ccc(C2OC(=O)CCC(=O)N2CCCCCCCCCCCC)cc1. The van der Waals surface area contributed by atoms with E-state index in [0.717, 1.165) is 37.2 Å². The lowest BCUT2D eigenvalue weighted by Crippen LogP contribution is -2.35. The minimum Gasteiger partial charge on any atom is -0.494 e. The number of nitrogens with zero attached hydrogens (tertiary/aromatic N) is 1. The fourth-order valence-corrected chi connectivity index (χ4v) is 5.85. The van der Waals surface area contributed by atoms with Crippen LogP contribution in [-0.2, 0) is 14.3 Å². The summed E-state index contributed by atoms with van der Waals surface area (Å²) in [6.07, 6.45) is 28.2. The van der Waals surface area contributed by atoms with E-state index in [4.69, 9.17) is 9.47 Å². The highest BCUT2D eigenvalue weighted by Gasteiger charge is 2.31. The molecule has 1 aromatic carbocycles. The molecule has 0 aromatic heterocycles. The summed E-state index contributed by atoms with van der Waals surface area (Å²) in [6, 6.07) is 7.77. The van der Waals surface area contributed by atoms with Gasteiger partial charge in [0.2, 0.25) is 12.1 Å². The van der Waals surface area contributed by atoms with Crippen molar-refractivity contribution < 1.29 is 19.1 Å². The van der Waals surface area contributed by atoms with E-state index in [2.05, 4.69) is 13.8 Å². The van der Waals surface area contributed by atoms with Crippen molar-refractivity contribution in [3.63, 3.8) is 0 Å². The van der Waals surface area contributed by atoms with Crippen molar-refractivity contribution in [1.29, 1.82) is 0 Å². The van der Waals surface area contributed by atoms with Crippen LogP contribution in [0, 0.1) is 0 Å². The molecule has 1 heterocycles. The van der Waals surface area contributed by atoms with Crippen molar-refractivity contribution in [2.45, 2.75) is 174 Å². The van der Waals surface area contributed by atoms with Gasteiger partial charge in [0.15, 0.2) is 0 Å². The standard InChI is InChI=1S/C37H63NO4/c1-3-5-7-9-11-13-15-16-18-20-22-24-32-41-34-27-25-33(26-28-34)37-38(35(39)29-30-36(40)42-37)31-23-21-19-17-14-12-10-8-6-4-2/h25-28,37H,3-24,29-32H2,1-2H3. The molecule has 5 heteroatoms. The Morgan fingerprint density at radius 1 is 0.619 bits per heavy atom. The van der Waals surface area contributed by atoms with Gasteiger partial charge in [-0.3, -0.25) is 9.59 Å². The molecular weight excluding hydrogens is 522 g/mol. The van der Waals surface area contributed by atoms with Gasteiger partial charge in [0.05, 0.1) is 13.0 Å². The molecule has 1 aliphatic rings. The van der Waals surface area contributed by atoms with Gasteiger partial charge in [-0.15, -0.1) is 0 Å². The van der Waals surface area contributed by atoms with Gasteiger partial charge in [0.25, 0.3) is 0 Å². The topological polar surface area (TPSA) is 55.8 Å². The average Bonchev–Trinajstić information content (AvgIpc) is 3.14. The second-order valence-electron chi connectivity index (χ2n) is 12.4. The van der Waals surface area contributed by atoms with Crippen LogP contribution in [0.25, 0.3) is 0 Å². The third-order valence-corrected chi connectivity index (χ3v) is 8.57. The molecule has 5 nitrogen and oxygen atoms in total. The Hall–Kier alpha value is -2.04. The van der Waals surface area contributed by atoms with E-state index in [0.29, 0.717) is 6.54 Å². The van der Waals surface area contributed by atoms with Gasteiger partial charge in [-0.05, 0) is 37.1 Å². The van der Waals surface area contributed by atoms with Crippen LogP contribution >= 0.6 is 0 Å². The molecule has 1 aliphatic heterocycles. The highest BCUT2D eigenvalue weighted by atomic mass is 16.6. The van der Waals surface area contributed by atoms with Crippen molar-refractivity contribution in [3.05, 3.63) is 29.8 Å². The number of cyclic esters (lactones) is 1. The summed E-state index contributed by atoms with van der Waals surface area (Å²) in [5, 5.41) is 0. The Morgan fingerprint density at radius 2 is 1.07 bits per heavy atom. The molecule has 0 radical (unpaired) electrons. The number of esters is 1. The quantitative estimate of drug-likeness (QED) is 0.0801. The normalized spacial score (nSPS) is 15.6. The molecule has 2 rings (SSSR count). The van der Waals surface area contributed by atoms with E-state index in [1.807, 2.05) is 24.3 Å². The summed E-state index contributed by atoms with van der Waals surface area (Å²) in [7, 11) is 0. The zero-order valence-corrected chi connectivity index (χ0v) is 27.4. The van der Waals surface area contributed by atoms with Crippen molar-refractivity contribution in [2.24, 2.45) is 0 Å². The largest absolute Gasteiger partial charge is 0.494 e. The zero-order chi connectivity index (χ0) is 30.1. The number of carbonyl (C=O) groups excluding carboxylic acids is 2. The lowest BCUT2D eigenvalue weighted by atomic mass is 10.1. The van der Waals surface area contributed by atoms with Gasteiger partial charge in [-0.1, -0.05) is 142 Å². The van der Waals surface area contributed by atoms with Crippen LogP contribution in [0.15, 0.2) is 24.3 Å². The number of benzene rings is 1. The number of rotatable bonds is 26. The smallest absolute Gasteiger partial charge is 0.308 e. The van der Waals surface area contributed by atoms with Crippen LogP contribution in [0.4, 0.5) is 0 Å². The van der Waals surface area contributed by atoms with Gasteiger partial charge < -0.3 is 14.4 Å². The molecule has 1 atom stereocenters. The van der Waals surface area contributed by atoms with Gasteiger partial charge in [0.1, 0.15) is 5.75 Å². The van der Waals surface area contributed by atoms with E-state index in [1.54, 1.807) is 4.90 Å². The van der Waals surface area contributed by atoms with Crippen molar-refractivity contribution in [1.82, 2.24) is 4.90 Å². The molecule has 42 heavy (non-hydrogen) atoms. The Bertz CT molecular complexity index is 808. The molecule has 1 fully saturated rings. The molecule has 1 unspecified atom stereocenters. The predicted octanol–water partition coefficient (Wildman–Crippen LogP) is 10.9. The molecule has 1 aromatic rings. The molecule has 0 spiro atoms. The highest BCUT2D eigenvalue weighted by molar-refractivity contribution is 5.83. The first kappa shape index (κ1) is 36.2. The van der Waals surface area contributed by atoms with E-state index >= 15 is 0 Å². The number of hydrogen-bond donors (Lipinski definition) is 0. The molecule has 0 bridgehead atoms. The number of unbranched alkanes of at least 4 members (excludes halogenated alkanes) is 20. The van der Waals surface area contributed by atoms with Gasteiger partial charge in [0, 0.05) is 18.5 Å². The van der Waals surface area contributed by atoms with Gasteiger partial charge in [-0.25, -0.2) is 0 Å². The minimum atomic E-state index is -0.642. The minimum absolute atomic E-state index is 0.00840. The van der Waals surface area contributed by atoms with Crippen LogP contribution in [-0.4, -0.2) is 29.9 Å². The maximum Gasteiger partial charge on any atom is 0.308 e. The third kappa shape index (κ3) is 16.6. The van der Waals surface area contributed by atoms with E-state index in [1.165, 1.54) is 122 Å². The Labute approximate surface area is 258 Å². The second kappa shape index (κ2) is 24.4. The third-order valence-electron chi connectivity index (χ3n) is 8.57. The molecule has 0 aliphatic carbocycles. The number of hydrogen-bond acceptors (Lipinski definition) is 4. The summed E-state index contributed by atoms with van der Waals surface area (Å²) in [5.74, 6) is 0.537. The summed E-state index contributed by atoms with van der Waals surface area (Å²) in [5.41, 5.74) is 0.836. The average molecular weight is 586 g/mol. The predicted molar refractivity (Wildman–Crippen MR) is 175 cm³/mol. The Morgan fingerprint density at radius 3 is 1.57 bits per heavy atom. The second-order valence-corrected chi connectivity index (χ2v) is 12.4.